The smallest absolute Gasteiger partial charge is 0.317 e. The van der Waals surface area contributed by atoms with Crippen LogP contribution in [0.5, 0.6) is 0 Å². The zero-order valence-electron chi connectivity index (χ0n) is 10.8. The molecule has 4 heteroatoms. The summed E-state index contributed by atoms with van der Waals surface area (Å²) < 4.78 is 0. The molecule has 2 atom stereocenters. The quantitative estimate of drug-likeness (QED) is 0.716. The molecule has 1 aliphatic rings. The van der Waals surface area contributed by atoms with Crippen molar-refractivity contribution in [2.75, 3.05) is 13.1 Å². The van der Waals surface area contributed by atoms with Crippen molar-refractivity contribution in [2.24, 2.45) is 5.41 Å². The van der Waals surface area contributed by atoms with E-state index < -0.39 is 0 Å². The molecule has 2 N–H and O–H groups in total. The van der Waals surface area contributed by atoms with Crippen molar-refractivity contribution in [1.82, 2.24) is 10.2 Å². The summed E-state index contributed by atoms with van der Waals surface area (Å²) in [7, 11) is 0. The number of carbonyl (C=O) groups excluding carboxylic acids is 1. The Labute approximate surface area is 98.0 Å². The second kappa shape index (κ2) is 5.04. The van der Waals surface area contributed by atoms with E-state index in [0.717, 1.165) is 19.4 Å². The van der Waals surface area contributed by atoms with Gasteiger partial charge in [-0.25, -0.2) is 4.79 Å². The number of carbonyl (C=O) groups is 1. The number of nitrogens with zero attached hydrogens (tertiary/aromatic N) is 1. The minimum atomic E-state index is -0.357. The first-order valence-electron chi connectivity index (χ1n) is 6.04. The van der Waals surface area contributed by atoms with Crippen LogP contribution in [0.25, 0.3) is 0 Å². The molecule has 0 radical (unpaired) electrons. The van der Waals surface area contributed by atoms with Crippen molar-refractivity contribution in [3.8, 4) is 0 Å². The number of β-amino-alcohol motifs (C(OH)–C–C–N with tert-alkyl or cyclic N) is 1. The van der Waals surface area contributed by atoms with Gasteiger partial charge in [0.05, 0.1) is 6.10 Å². The number of hydrogen-bond donors (Lipinski definition) is 2. The number of likely N-dealkylation sites (tertiary alicyclic amines) is 1. The fourth-order valence-corrected chi connectivity index (χ4v) is 1.63. The maximum absolute atomic E-state index is 11.9. The minimum absolute atomic E-state index is 0.0545. The summed E-state index contributed by atoms with van der Waals surface area (Å²) in [4.78, 5) is 13.6. The van der Waals surface area contributed by atoms with Gasteiger partial charge in [-0.2, -0.15) is 0 Å². The molecule has 2 unspecified atom stereocenters. The third-order valence-corrected chi connectivity index (χ3v) is 3.32. The van der Waals surface area contributed by atoms with Crippen LogP contribution in [0.15, 0.2) is 0 Å². The number of nitrogens with one attached hydrogen (secondary N) is 1. The number of aliphatic hydroxyl groups excluding tert-OH is 1. The molecule has 16 heavy (non-hydrogen) atoms. The molecule has 0 aromatic rings. The molecule has 0 saturated carbocycles. The molecule has 2 amide bonds. The van der Waals surface area contributed by atoms with Crippen LogP contribution in [0.4, 0.5) is 4.79 Å². The van der Waals surface area contributed by atoms with E-state index in [-0.39, 0.29) is 23.6 Å². The van der Waals surface area contributed by atoms with Crippen molar-refractivity contribution in [2.45, 2.75) is 52.7 Å². The number of rotatable bonds is 1. The zero-order chi connectivity index (χ0) is 12.3. The van der Waals surface area contributed by atoms with Gasteiger partial charge >= 0.3 is 6.03 Å². The van der Waals surface area contributed by atoms with E-state index in [1.54, 1.807) is 4.90 Å². The molecule has 0 aromatic carbocycles. The second-order valence-corrected chi connectivity index (χ2v) is 5.78. The van der Waals surface area contributed by atoms with E-state index in [1.807, 2.05) is 6.92 Å². The highest BCUT2D eigenvalue weighted by Crippen LogP contribution is 2.19. The third kappa shape index (κ3) is 3.67. The Morgan fingerprint density at radius 3 is 2.62 bits per heavy atom. The van der Waals surface area contributed by atoms with Crippen LogP contribution in [0.3, 0.4) is 0 Å². The highest BCUT2D eigenvalue weighted by atomic mass is 16.3. The fourth-order valence-electron chi connectivity index (χ4n) is 1.63. The zero-order valence-corrected chi connectivity index (χ0v) is 10.8. The monoisotopic (exact) mass is 228 g/mol. The Bertz CT molecular complexity index is 248. The fraction of sp³-hybridized carbons (Fsp3) is 0.917. The second-order valence-electron chi connectivity index (χ2n) is 5.78. The topological polar surface area (TPSA) is 52.6 Å². The Hall–Kier alpha value is -0.770. The van der Waals surface area contributed by atoms with Crippen LogP contribution in [0.1, 0.15) is 40.5 Å². The van der Waals surface area contributed by atoms with E-state index in [0.29, 0.717) is 6.54 Å². The Morgan fingerprint density at radius 2 is 2.12 bits per heavy atom. The summed E-state index contributed by atoms with van der Waals surface area (Å²) >= 11 is 0. The van der Waals surface area contributed by atoms with Crippen LogP contribution in [0.2, 0.25) is 0 Å². The Balaban J connectivity index is 2.46. The molecule has 0 spiro atoms. The van der Waals surface area contributed by atoms with Crippen molar-refractivity contribution >= 4 is 6.03 Å². The number of hydrogen-bond acceptors (Lipinski definition) is 2. The summed E-state index contributed by atoms with van der Waals surface area (Å²) in [5, 5.41) is 12.5. The van der Waals surface area contributed by atoms with Gasteiger partial charge in [-0.3, -0.25) is 0 Å². The Kier molecular flexibility index (Phi) is 4.19. The lowest BCUT2D eigenvalue weighted by atomic mass is 9.88. The first-order chi connectivity index (χ1) is 7.30. The standard InChI is InChI=1S/C12H24N2O2/c1-9(12(2,3)4)13-11(16)14-7-5-6-10(15)8-14/h9-10,15H,5-8H2,1-4H3,(H,13,16). The largest absolute Gasteiger partial charge is 0.391 e. The predicted molar refractivity (Wildman–Crippen MR) is 64.3 cm³/mol. The number of urea groups is 1. The van der Waals surface area contributed by atoms with Crippen molar-refractivity contribution in [1.29, 1.82) is 0 Å². The molecule has 1 saturated heterocycles. The van der Waals surface area contributed by atoms with Crippen LogP contribution < -0.4 is 5.32 Å². The Morgan fingerprint density at radius 1 is 1.50 bits per heavy atom. The summed E-state index contributed by atoms with van der Waals surface area (Å²) in [5.41, 5.74) is 0.0596. The van der Waals surface area contributed by atoms with Gasteiger partial charge in [0.2, 0.25) is 0 Å². The molecular formula is C12H24N2O2. The average Bonchev–Trinajstić information content (AvgIpc) is 2.16. The molecule has 4 nitrogen and oxygen atoms in total. The first kappa shape index (κ1) is 13.3. The van der Waals surface area contributed by atoms with Crippen LogP contribution in [-0.4, -0.2) is 41.3 Å². The van der Waals surface area contributed by atoms with Gasteiger partial charge < -0.3 is 15.3 Å². The van der Waals surface area contributed by atoms with Gasteiger partial charge in [-0.15, -0.1) is 0 Å². The SMILES string of the molecule is CC(NC(=O)N1CCCC(O)C1)C(C)(C)C. The molecule has 0 aromatic heterocycles. The maximum atomic E-state index is 11.9. The number of amides is 2. The van der Waals surface area contributed by atoms with E-state index in [9.17, 15) is 9.90 Å². The highest BCUT2D eigenvalue weighted by Gasteiger charge is 2.26. The first-order valence-corrected chi connectivity index (χ1v) is 6.04. The number of piperidine rings is 1. The van der Waals surface area contributed by atoms with Crippen molar-refractivity contribution < 1.29 is 9.90 Å². The average molecular weight is 228 g/mol. The van der Waals surface area contributed by atoms with Gasteiger partial charge in [-0.05, 0) is 25.2 Å². The van der Waals surface area contributed by atoms with E-state index in [1.165, 1.54) is 0 Å². The van der Waals surface area contributed by atoms with Gasteiger partial charge in [0.15, 0.2) is 0 Å². The molecular weight excluding hydrogens is 204 g/mol. The van der Waals surface area contributed by atoms with Gasteiger partial charge in [0.1, 0.15) is 0 Å². The molecule has 1 heterocycles. The summed E-state index contributed by atoms with van der Waals surface area (Å²) in [6, 6.07) is 0.0697. The van der Waals surface area contributed by atoms with Crippen molar-refractivity contribution in [3.63, 3.8) is 0 Å². The van der Waals surface area contributed by atoms with Crippen LogP contribution in [-0.2, 0) is 0 Å². The normalized spacial score (nSPS) is 24.1. The molecule has 94 valence electrons. The third-order valence-electron chi connectivity index (χ3n) is 3.32. The summed E-state index contributed by atoms with van der Waals surface area (Å²) in [5.74, 6) is 0. The molecule has 1 rings (SSSR count). The highest BCUT2D eigenvalue weighted by molar-refractivity contribution is 5.74. The summed E-state index contributed by atoms with van der Waals surface area (Å²) in [6.45, 7) is 9.52. The van der Waals surface area contributed by atoms with Gasteiger partial charge in [0, 0.05) is 19.1 Å². The number of aliphatic hydroxyl groups is 1. The molecule has 1 aliphatic heterocycles. The van der Waals surface area contributed by atoms with Gasteiger partial charge in [-0.1, -0.05) is 20.8 Å². The molecule has 1 fully saturated rings. The maximum Gasteiger partial charge on any atom is 0.317 e. The lowest BCUT2D eigenvalue weighted by Crippen LogP contribution is -2.51. The van der Waals surface area contributed by atoms with E-state index in [4.69, 9.17) is 0 Å². The van der Waals surface area contributed by atoms with Crippen LogP contribution >= 0.6 is 0 Å². The lowest BCUT2D eigenvalue weighted by Gasteiger charge is -2.34. The van der Waals surface area contributed by atoms with Crippen molar-refractivity contribution in [3.05, 3.63) is 0 Å². The van der Waals surface area contributed by atoms with E-state index >= 15 is 0 Å². The lowest BCUT2D eigenvalue weighted by molar-refractivity contribution is 0.0818. The molecule has 0 aliphatic carbocycles. The predicted octanol–water partition coefficient (Wildman–Crippen LogP) is 1.59. The summed E-state index contributed by atoms with van der Waals surface area (Å²) in [6.07, 6.45) is 1.33. The van der Waals surface area contributed by atoms with Gasteiger partial charge in [0.25, 0.3) is 0 Å². The van der Waals surface area contributed by atoms with Crippen LogP contribution in [0, 0.1) is 5.41 Å². The molecule has 0 bridgehead atoms. The van der Waals surface area contributed by atoms with E-state index in [2.05, 4.69) is 26.1 Å². The minimum Gasteiger partial charge on any atom is -0.391 e.